The monoisotopic (exact) mass is 546 g/mol. The highest BCUT2D eigenvalue weighted by molar-refractivity contribution is 6.02. The van der Waals surface area contributed by atoms with Gasteiger partial charge in [-0.15, -0.1) is 0 Å². The van der Waals surface area contributed by atoms with Gasteiger partial charge in [0.15, 0.2) is 11.6 Å². The van der Waals surface area contributed by atoms with Gasteiger partial charge in [-0.3, -0.25) is 19.2 Å². The van der Waals surface area contributed by atoms with Crippen LogP contribution in [0, 0.1) is 24.7 Å². The summed E-state index contributed by atoms with van der Waals surface area (Å²) in [6.45, 7) is 13.9. The molecule has 3 rings (SSSR count). The Balaban J connectivity index is 0.00000178. The molecule has 0 saturated carbocycles. The third-order valence-corrected chi connectivity index (χ3v) is 7.88. The van der Waals surface area contributed by atoms with Crippen molar-refractivity contribution in [2.24, 2.45) is 17.8 Å². The Morgan fingerprint density at radius 1 is 0.950 bits per heavy atom. The molecule has 0 aliphatic heterocycles. The average Bonchev–Trinajstić information content (AvgIpc) is 2.89. The summed E-state index contributed by atoms with van der Waals surface area (Å²) >= 11 is 0. The van der Waals surface area contributed by atoms with E-state index >= 15 is 0 Å². The van der Waals surface area contributed by atoms with Crippen LogP contribution in [0.1, 0.15) is 131 Å². The summed E-state index contributed by atoms with van der Waals surface area (Å²) < 4.78 is 0. The first-order valence-electron chi connectivity index (χ1n) is 15.4. The van der Waals surface area contributed by atoms with Crippen molar-refractivity contribution in [3.05, 3.63) is 58.7 Å². The van der Waals surface area contributed by atoms with Crippen LogP contribution in [-0.4, -0.2) is 23.1 Å². The maximum atomic E-state index is 13.5. The van der Waals surface area contributed by atoms with Gasteiger partial charge in [0, 0.05) is 29.9 Å². The molecule has 0 radical (unpaired) electrons. The first kappa shape index (κ1) is 33.3. The molecule has 3 atom stereocenters. The van der Waals surface area contributed by atoms with Gasteiger partial charge in [-0.2, -0.15) is 0 Å². The number of ketones is 4. The topological polar surface area (TPSA) is 68.3 Å². The molecule has 0 amide bonds. The highest BCUT2D eigenvalue weighted by Gasteiger charge is 2.34. The Hall–Kier alpha value is -2.88. The van der Waals surface area contributed by atoms with E-state index in [1.807, 2.05) is 51.1 Å². The van der Waals surface area contributed by atoms with E-state index in [-0.39, 0.29) is 47.3 Å². The van der Waals surface area contributed by atoms with Gasteiger partial charge >= 0.3 is 0 Å². The molecule has 2 aromatic carbocycles. The highest BCUT2D eigenvalue weighted by atomic mass is 16.1. The zero-order valence-electron chi connectivity index (χ0n) is 25.9. The van der Waals surface area contributed by atoms with Gasteiger partial charge < -0.3 is 0 Å². The maximum absolute atomic E-state index is 13.5. The summed E-state index contributed by atoms with van der Waals surface area (Å²) in [7, 11) is 0. The summed E-state index contributed by atoms with van der Waals surface area (Å²) in [6, 6.07) is 11.9. The second-order valence-electron chi connectivity index (χ2n) is 11.6. The fourth-order valence-electron chi connectivity index (χ4n) is 6.24. The van der Waals surface area contributed by atoms with Gasteiger partial charge in [0.25, 0.3) is 0 Å². The predicted molar refractivity (Wildman–Crippen MR) is 165 cm³/mol. The summed E-state index contributed by atoms with van der Waals surface area (Å²) in [5, 5.41) is 0. The minimum atomic E-state index is -0.140. The molecule has 1 aliphatic rings. The van der Waals surface area contributed by atoms with E-state index in [1.54, 1.807) is 0 Å². The number of hydrogen-bond donors (Lipinski definition) is 0. The van der Waals surface area contributed by atoms with E-state index in [9.17, 15) is 19.2 Å². The van der Waals surface area contributed by atoms with Crippen LogP contribution in [0.15, 0.2) is 36.4 Å². The lowest BCUT2D eigenvalue weighted by Crippen LogP contribution is -2.30. The lowest BCUT2D eigenvalue weighted by atomic mass is 9.71. The Morgan fingerprint density at radius 2 is 1.65 bits per heavy atom. The second-order valence-corrected chi connectivity index (χ2v) is 11.6. The summed E-state index contributed by atoms with van der Waals surface area (Å²) in [6.07, 6.45) is 7.27. The van der Waals surface area contributed by atoms with Gasteiger partial charge in [-0.05, 0) is 79.7 Å². The van der Waals surface area contributed by atoms with Crippen molar-refractivity contribution in [1.29, 1.82) is 0 Å². The molecule has 3 unspecified atom stereocenters. The van der Waals surface area contributed by atoms with E-state index in [4.69, 9.17) is 0 Å². The lowest BCUT2D eigenvalue weighted by Gasteiger charge is -2.32. The molecule has 4 nitrogen and oxygen atoms in total. The molecule has 40 heavy (non-hydrogen) atoms. The molecule has 218 valence electrons. The van der Waals surface area contributed by atoms with E-state index < -0.39 is 0 Å². The third kappa shape index (κ3) is 8.81. The number of benzene rings is 2. The van der Waals surface area contributed by atoms with Gasteiger partial charge in [0.2, 0.25) is 0 Å². The largest absolute Gasteiger partial charge is 0.300 e. The molecule has 0 bridgehead atoms. The SMILES string of the molecule is CCC.CCCC(=O)c1cccc(-c2ccc(C)c3c2CC(CC(CCC)C(CC)C(=O)CC(C)=O)CC3=O)c1. The van der Waals surface area contributed by atoms with E-state index in [0.29, 0.717) is 18.4 Å². The standard InChI is InChI=1S/C33H42O4.C3H8/c1-6-10-24(27(8-3)31(36)16-22(5)34)17-23-18-29-28(15-14-21(4)33(29)32(37)19-23)25-12-9-13-26(20-25)30(35)11-7-2;1-3-2/h9,12-15,20,23-24,27H,6-8,10-11,16-19H2,1-5H3;3H2,1-2H3. The molecule has 0 fully saturated rings. The predicted octanol–water partition coefficient (Wildman–Crippen LogP) is 9.19. The smallest absolute Gasteiger partial charge is 0.163 e. The van der Waals surface area contributed by atoms with Crippen molar-refractivity contribution >= 4 is 23.1 Å². The molecule has 0 aromatic heterocycles. The maximum Gasteiger partial charge on any atom is 0.163 e. The summed E-state index contributed by atoms with van der Waals surface area (Å²) in [4.78, 5) is 50.6. The fraction of sp³-hybridized carbons (Fsp3) is 0.556. The Kier molecular flexibility index (Phi) is 13.7. The summed E-state index contributed by atoms with van der Waals surface area (Å²) in [5.41, 5.74) is 5.60. The zero-order valence-corrected chi connectivity index (χ0v) is 25.9. The van der Waals surface area contributed by atoms with Crippen LogP contribution in [0.4, 0.5) is 0 Å². The van der Waals surface area contributed by atoms with Crippen LogP contribution in [0.3, 0.4) is 0 Å². The molecular formula is C36H50O4. The number of carbonyl (C=O) groups is 4. The van der Waals surface area contributed by atoms with Gasteiger partial charge in [0.1, 0.15) is 11.6 Å². The average molecular weight is 547 g/mol. The zero-order chi connectivity index (χ0) is 29.8. The van der Waals surface area contributed by atoms with Crippen molar-refractivity contribution in [2.45, 2.75) is 113 Å². The van der Waals surface area contributed by atoms with Crippen LogP contribution in [-0.2, 0) is 16.0 Å². The number of aryl methyl sites for hydroxylation is 1. The number of rotatable bonds is 13. The first-order chi connectivity index (χ1) is 19.1. The molecule has 0 heterocycles. The summed E-state index contributed by atoms with van der Waals surface area (Å²) in [5.74, 6) is 0.454. The van der Waals surface area contributed by atoms with Crippen molar-refractivity contribution in [3.8, 4) is 11.1 Å². The van der Waals surface area contributed by atoms with E-state index in [1.165, 1.54) is 13.3 Å². The second kappa shape index (κ2) is 16.4. The van der Waals surface area contributed by atoms with Crippen LogP contribution < -0.4 is 0 Å². The first-order valence-corrected chi connectivity index (χ1v) is 15.4. The van der Waals surface area contributed by atoms with Gasteiger partial charge in [-0.25, -0.2) is 0 Å². The van der Waals surface area contributed by atoms with Gasteiger partial charge in [-0.1, -0.05) is 84.2 Å². The van der Waals surface area contributed by atoms with Crippen molar-refractivity contribution in [1.82, 2.24) is 0 Å². The highest BCUT2D eigenvalue weighted by Crippen LogP contribution is 2.40. The molecule has 0 saturated heterocycles. The fourth-order valence-corrected chi connectivity index (χ4v) is 6.24. The lowest BCUT2D eigenvalue weighted by molar-refractivity contribution is -0.129. The van der Waals surface area contributed by atoms with Crippen LogP contribution in [0.5, 0.6) is 0 Å². The van der Waals surface area contributed by atoms with E-state index in [0.717, 1.165) is 66.3 Å². The van der Waals surface area contributed by atoms with Crippen molar-refractivity contribution in [3.63, 3.8) is 0 Å². The normalized spacial score (nSPS) is 15.9. The molecule has 0 spiro atoms. The molecule has 4 heteroatoms. The third-order valence-electron chi connectivity index (χ3n) is 7.88. The molecule has 0 N–H and O–H groups in total. The van der Waals surface area contributed by atoms with Crippen molar-refractivity contribution in [2.75, 3.05) is 0 Å². The van der Waals surface area contributed by atoms with Crippen molar-refractivity contribution < 1.29 is 19.2 Å². The Bertz CT molecular complexity index is 1180. The number of hydrogen-bond acceptors (Lipinski definition) is 4. The quantitative estimate of drug-likeness (QED) is 0.185. The molecule has 1 aliphatic carbocycles. The van der Waals surface area contributed by atoms with Crippen LogP contribution in [0.2, 0.25) is 0 Å². The minimum Gasteiger partial charge on any atom is -0.300 e. The van der Waals surface area contributed by atoms with Crippen LogP contribution in [0.25, 0.3) is 11.1 Å². The Morgan fingerprint density at radius 3 is 2.25 bits per heavy atom. The van der Waals surface area contributed by atoms with E-state index in [2.05, 4.69) is 26.8 Å². The number of fused-ring (bicyclic) bond motifs is 1. The molecular weight excluding hydrogens is 496 g/mol. The van der Waals surface area contributed by atoms with Gasteiger partial charge in [0.05, 0.1) is 6.42 Å². The Labute approximate surface area is 242 Å². The van der Waals surface area contributed by atoms with Crippen LogP contribution >= 0.6 is 0 Å². The number of Topliss-reactive ketones (excluding diaryl/α,β-unsaturated/α-hetero) is 4. The number of carbonyl (C=O) groups excluding carboxylic acids is 4. The molecule has 2 aromatic rings. The minimum absolute atomic E-state index is 0.00157.